The fourth-order valence-electron chi connectivity index (χ4n) is 3.34. The summed E-state index contributed by atoms with van der Waals surface area (Å²) in [7, 11) is -3.59. The summed E-state index contributed by atoms with van der Waals surface area (Å²) >= 11 is 2.52. The number of anilines is 1. The molecular weight excluding hydrogens is 445 g/mol. The Morgan fingerprint density at radius 1 is 1.23 bits per heavy atom. The van der Waals surface area contributed by atoms with Crippen molar-refractivity contribution < 1.29 is 17.6 Å². The number of thiazole rings is 1. The van der Waals surface area contributed by atoms with Crippen LogP contribution in [0.3, 0.4) is 0 Å². The smallest absolute Gasteiger partial charge is 0.252 e. The van der Waals surface area contributed by atoms with Gasteiger partial charge in [-0.05, 0) is 56.2 Å². The van der Waals surface area contributed by atoms with Crippen molar-refractivity contribution in [3.05, 3.63) is 52.5 Å². The monoisotopic (exact) mass is 465 g/mol. The highest BCUT2D eigenvalue weighted by Crippen LogP contribution is 2.30. The van der Waals surface area contributed by atoms with Crippen LogP contribution in [0.4, 0.5) is 9.52 Å². The van der Waals surface area contributed by atoms with Gasteiger partial charge in [0.15, 0.2) is 5.13 Å². The topological polar surface area (TPSA) is 79.4 Å². The first-order chi connectivity index (χ1) is 14.3. The van der Waals surface area contributed by atoms with E-state index < -0.39 is 15.9 Å². The lowest BCUT2D eigenvalue weighted by Gasteiger charge is -2.30. The summed E-state index contributed by atoms with van der Waals surface area (Å²) in [5.74, 6) is -0.998. The standard InChI is InChI=1S/C20H20FN3O3S3/c1-13-4-9-18(29-13)30(26,27)24-10-2-3-15(11-24)19(25)23-20-22-17(12-28-20)14-5-7-16(21)8-6-14/h4-9,12,15H,2-3,10-11H2,1H3,(H,22,23,25). The van der Waals surface area contributed by atoms with Crippen LogP contribution in [0.2, 0.25) is 0 Å². The van der Waals surface area contributed by atoms with Crippen molar-refractivity contribution in [2.24, 2.45) is 5.92 Å². The second-order valence-corrected chi connectivity index (χ2v) is 11.4. The van der Waals surface area contributed by atoms with Crippen LogP contribution >= 0.6 is 22.7 Å². The number of amides is 1. The van der Waals surface area contributed by atoms with Crippen molar-refractivity contribution in [2.45, 2.75) is 24.0 Å². The molecule has 4 rings (SSSR count). The molecule has 0 bridgehead atoms. The number of sulfonamides is 1. The van der Waals surface area contributed by atoms with Crippen molar-refractivity contribution in [1.29, 1.82) is 0 Å². The molecule has 1 amide bonds. The molecule has 0 radical (unpaired) electrons. The van der Waals surface area contributed by atoms with Crippen LogP contribution in [-0.4, -0.2) is 36.7 Å². The van der Waals surface area contributed by atoms with Gasteiger partial charge in [0.1, 0.15) is 10.0 Å². The minimum Gasteiger partial charge on any atom is -0.302 e. The highest BCUT2D eigenvalue weighted by atomic mass is 32.2. The lowest BCUT2D eigenvalue weighted by Crippen LogP contribution is -2.43. The summed E-state index contributed by atoms with van der Waals surface area (Å²) in [6, 6.07) is 9.38. The van der Waals surface area contributed by atoms with E-state index in [4.69, 9.17) is 0 Å². The van der Waals surface area contributed by atoms with Crippen LogP contribution in [0.15, 0.2) is 46.0 Å². The molecule has 1 aliphatic rings. The molecule has 158 valence electrons. The Morgan fingerprint density at radius 2 is 2.00 bits per heavy atom. The van der Waals surface area contributed by atoms with Gasteiger partial charge in [-0.1, -0.05) is 0 Å². The summed E-state index contributed by atoms with van der Waals surface area (Å²) in [4.78, 5) is 18.1. The first kappa shape index (κ1) is 21.1. The fraction of sp³-hybridized carbons (Fsp3) is 0.300. The van der Waals surface area contributed by atoms with Crippen molar-refractivity contribution >= 4 is 43.7 Å². The van der Waals surface area contributed by atoms with E-state index in [2.05, 4.69) is 10.3 Å². The number of carbonyl (C=O) groups is 1. The number of hydrogen-bond donors (Lipinski definition) is 1. The average molecular weight is 466 g/mol. The minimum atomic E-state index is -3.59. The minimum absolute atomic E-state index is 0.154. The predicted octanol–water partition coefficient (Wildman–Crippen LogP) is 4.36. The number of benzene rings is 1. The first-order valence-corrected chi connectivity index (χ1v) is 12.6. The number of nitrogens with zero attached hydrogens (tertiary/aromatic N) is 2. The Kier molecular flexibility index (Phi) is 6.01. The third-order valence-electron chi connectivity index (χ3n) is 4.94. The number of aryl methyl sites for hydroxylation is 1. The summed E-state index contributed by atoms with van der Waals surface area (Å²) in [5, 5.41) is 5.03. The largest absolute Gasteiger partial charge is 0.302 e. The lowest BCUT2D eigenvalue weighted by molar-refractivity contribution is -0.120. The zero-order valence-corrected chi connectivity index (χ0v) is 18.6. The van der Waals surface area contributed by atoms with E-state index >= 15 is 0 Å². The molecule has 0 aliphatic carbocycles. The van der Waals surface area contributed by atoms with E-state index in [0.29, 0.717) is 34.4 Å². The molecule has 1 aliphatic heterocycles. The molecule has 6 nitrogen and oxygen atoms in total. The number of rotatable bonds is 5. The number of nitrogens with one attached hydrogen (secondary N) is 1. The quantitative estimate of drug-likeness (QED) is 0.607. The van der Waals surface area contributed by atoms with E-state index in [0.717, 1.165) is 10.4 Å². The van der Waals surface area contributed by atoms with Crippen molar-refractivity contribution in [3.63, 3.8) is 0 Å². The van der Waals surface area contributed by atoms with Crippen LogP contribution in [-0.2, 0) is 14.8 Å². The van der Waals surface area contributed by atoms with Gasteiger partial charge < -0.3 is 5.32 Å². The van der Waals surface area contributed by atoms with Gasteiger partial charge in [-0.2, -0.15) is 4.31 Å². The Balaban J connectivity index is 1.43. The third-order valence-corrected chi connectivity index (χ3v) is 9.03. The van der Waals surface area contributed by atoms with Gasteiger partial charge in [0.25, 0.3) is 10.0 Å². The maximum Gasteiger partial charge on any atom is 0.252 e. The molecule has 0 saturated carbocycles. The predicted molar refractivity (Wildman–Crippen MR) is 117 cm³/mol. The summed E-state index contributed by atoms with van der Waals surface area (Å²) in [5.41, 5.74) is 1.41. The number of thiophene rings is 1. The number of carbonyl (C=O) groups excluding carboxylic acids is 1. The molecule has 2 aromatic heterocycles. The van der Waals surface area contributed by atoms with Crippen LogP contribution in [0.1, 0.15) is 17.7 Å². The van der Waals surface area contributed by atoms with E-state index in [1.807, 2.05) is 6.92 Å². The van der Waals surface area contributed by atoms with Crippen LogP contribution in [0, 0.1) is 18.7 Å². The maximum absolute atomic E-state index is 13.1. The fourth-order valence-corrected chi connectivity index (χ4v) is 7.03. The molecule has 1 unspecified atom stereocenters. The molecule has 1 fully saturated rings. The van der Waals surface area contributed by atoms with Gasteiger partial charge in [0.05, 0.1) is 11.6 Å². The summed E-state index contributed by atoms with van der Waals surface area (Å²) in [6.45, 7) is 2.43. The van der Waals surface area contributed by atoms with Crippen LogP contribution in [0.25, 0.3) is 11.3 Å². The number of hydrogen-bond acceptors (Lipinski definition) is 6. The summed E-state index contributed by atoms with van der Waals surface area (Å²) < 4.78 is 40.6. The second kappa shape index (κ2) is 8.54. The average Bonchev–Trinajstić information content (AvgIpc) is 3.38. The SMILES string of the molecule is Cc1ccc(S(=O)(=O)N2CCCC(C(=O)Nc3nc(-c4ccc(F)cc4)cs3)C2)s1. The molecule has 3 aromatic rings. The third kappa shape index (κ3) is 4.46. The zero-order chi connectivity index (χ0) is 21.3. The molecule has 10 heteroatoms. The Morgan fingerprint density at radius 3 is 2.70 bits per heavy atom. The Hall–Kier alpha value is -2.14. The van der Waals surface area contributed by atoms with Gasteiger partial charge >= 0.3 is 0 Å². The van der Waals surface area contributed by atoms with Gasteiger partial charge in [0.2, 0.25) is 5.91 Å². The van der Waals surface area contributed by atoms with Gasteiger partial charge in [-0.15, -0.1) is 22.7 Å². The molecule has 1 atom stereocenters. The zero-order valence-electron chi connectivity index (χ0n) is 16.2. The lowest BCUT2D eigenvalue weighted by atomic mass is 9.99. The van der Waals surface area contributed by atoms with Crippen molar-refractivity contribution in [2.75, 3.05) is 18.4 Å². The number of halogens is 1. The molecular formula is C20H20FN3O3S3. The van der Waals surface area contributed by atoms with Crippen molar-refractivity contribution in [1.82, 2.24) is 9.29 Å². The Labute approximate surface area is 182 Å². The van der Waals surface area contributed by atoms with E-state index in [9.17, 15) is 17.6 Å². The second-order valence-electron chi connectivity index (χ2n) is 7.10. The molecule has 1 aromatic carbocycles. The van der Waals surface area contributed by atoms with Gasteiger partial charge in [0, 0.05) is 28.9 Å². The van der Waals surface area contributed by atoms with E-state index in [1.54, 1.807) is 29.6 Å². The normalized spacial score (nSPS) is 17.7. The van der Waals surface area contributed by atoms with E-state index in [1.165, 1.54) is 39.1 Å². The maximum atomic E-state index is 13.1. The van der Waals surface area contributed by atoms with Crippen LogP contribution < -0.4 is 5.32 Å². The van der Waals surface area contributed by atoms with Gasteiger partial charge in [-0.25, -0.2) is 17.8 Å². The summed E-state index contributed by atoms with van der Waals surface area (Å²) in [6.07, 6.45) is 1.25. The Bertz CT molecular complexity index is 1160. The molecule has 1 N–H and O–H groups in total. The number of piperidine rings is 1. The first-order valence-electron chi connectivity index (χ1n) is 9.42. The van der Waals surface area contributed by atoms with E-state index in [-0.39, 0.29) is 18.3 Å². The highest BCUT2D eigenvalue weighted by Gasteiger charge is 2.34. The van der Waals surface area contributed by atoms with Crippen LogP contribution in [0.5, 0.6) is 0 Å². The molecule has 1 saturated heterocycles. The molecule has 0 spiro atoms. The highest BCUT2D eigenvalue weighted by molar-refractivity contribution is 7.91. The van der Waals surface area contributed by atoms with Gasteiger partial charge in [-0.3, -0.25) is 4.79 Å². The van der Waals surface area contributed by atoms with Crippen molar-refractivity contribution in [3.8, 4) is 11.3 Å². The molecule has 3 heterocycles. The molecule has 30 heavy (non-hydrogen) atoms. The number of aromatic nitrogens is 1.